The predicted molar refractivity (Wildman–Crippen MR) is 87.0 cm³/mol. The molecule has 0 aromatic heterocycles. The van der Waals surface area contributed by atoms with Gasteiger partial charge in [-0.15, -0.1) is 11.8 Å². The summed E-state index contributed by atoms with van der Waals surface area (Å²) >= 11 is 1.59. The number of amides is 1. The Balaban J connectivity index is 2.43. The zero-order valence-corrected chi connectivity index (χ0v) is 13.7. The van der Waals surface area contributed by atoms with E-state index in [1.807, 2.05) is 13.0 Å². The van der Waals surface area contributed by atoms with Gasteiger partial charge in [-0.25, -0.2) is 0 Å². The van der Waals surface area contributed by atoms with E-state index in [0.717, 1.165) is 18.0 Å². The van der Waals surface area contributed by atoms with Gasteiger partial charge in [-0.2, -0.15) is 0 Å². The highest BCUT2D eigenvalue weighted by molar-refractivity contribution is 8.00. The standard InChI is InChI=1S/C16H26N2OS/c1-5-17-10-14-7-6-8-15(9-14)20-11-16(19)18-13(4)12(2)3/h6-9,12-13,17H,5,10-11H2,1-4H3,(H,18,19). The van der Waals surface area contributed by atoms with Crippen molar-refractivity contribution in [3.8, 4) is 0 Å². The van der Waals surface area contributed by atoms with Crippen LogP contribution in [0, 0.1) is 5.92 Å². The molecule has 4 heteroatoms. The molecule has 0 spiro atoms. The fourth-order valence-electron chi connectivity index (χ4n) is 1.63. The maximum absolute atomic E-state index is 11.8. The lowest BCUT2D eigenvalue weighted by atomic mass is 10.1. The minimum Gasteiger partial charge on any atom is -0.353 e. The van der Waals surface area contributed by atoms with Gasteiger partial charge in [0.15, 0.2) is 0 Å². The van der Waals surface area contributed by atoms with Crippen molar-refractivity contribution in [2.45, 2.75) is 45.2 Å². The summed E-state index contributed by atoms with van der Waals surface area (Å²) < 4.78 is 0. The molecule has 0 bridgehead atoms. The maximum Gasteiger partial charge on any atom is 0.230 e. The van der Waals surface area contributed by atoms with Crippen molar-refractivity contribution in [3.63, 3.8) is 0 Å². The Morgan fingerprint density at radius 3 is 2.70 bits per heavy atom. The Labute approximate surface area is 126 Å². The first kappa shape index (κ1) is 17.1. The van der Waals surface area contributed by atoms with Crippen molar-refractivity contribution in [2.24, 2.45) is 5.92 Å². The average Bonchev–Trinajstić information content (AvgIpc) is 2.43. The van der Waals surface area contributed by atoms with Crippen LogP contribution in [0.5, 0.6) is 0 Å². The van der Waals surface area contributed by atoms with Crippen LogP contribution in [0.1, 0.15) is 33.3 Å². The molecule has 112 valence electrons. The van der Waals surface area contributed by atoms with Crippen LogP contribution in [0.3, 0.4) is 0 Å². The number of hydrogen-bond acceptors (Lipinski definition) is 3. The van der Waals surface area contributed by atoms with Gasteiger partial charge in [0.2, 0.25) is 5.91 Å². The van der Waals surface area contributed by atoms with Crippen LogP contribution < -0.4 is 10.6 Å². The van der Waals surface area contributed by atoms with E-state index in [-0.39, 0.29) is 11.9 Å². The summed E-state index contributed by atoms with van der Waals surface area (Å²) in [6, 6.07) is 8.58. The van der Waals surface area contributed by atoms with Crippen molar-refractivity contribution in [3.05, 3.63) is 29.8 Å². The van der Waals surface area contributed by atoms with E-state index in [1.165, 1.54) is 5.56 Å². The van der Waals surface area contributed by atoms with E-state index in [2.05, 4.69) is 49.6 Å². The normalized spacial score (nSPS) is 12.4. The molecule has 1 aromatic carbocycles. The minimum atomic E-state index is 0.105. The summed E-state index contributed by atoms with van der Waals surface area (Å²) in [6.07, 6.45) is 0. The van der Waals surface area contributed by atoms with Crippen LogP contribution in [-0.4, -0.2) is 24.2 Å². The Morgan fingerprint density at radius 1 is 1.30 bits per heavy atom. The van der Waals surface area contributed by atoms with Gasteiger partial charge < -0.3 is 10.6 Å². The number of carbonyl (C=O) groups is 1. The number of benzene rings is 1. The zero-order chi connectivity index (χ0) is 15.0. The minimum absolute atomic E-state index is 0.105. The van der Waals surface area contributed by atoms with Crippen LogP contribution in [0.4, 0.5) is 0 Å². The molecular weight excluding hydrogens is 268 g/mol. The molecule has 0 saturated carbocycles. The highest BCUT2D eigenvalue weighted by Crippen LogP contribution is 2.19. The molecule has 1 aromatic rings. The van der Waals surface area contributed by atoms with Gasteiger partial charge in [-0.1, -0.05) is 32.9 Å². The molecule has 0 aliphatic heterocycles. The highest BCUT2D eigenvalue weighted by Gasteiger charge is 2.10. The zero-order valence-electron chi connectivity index (χ0n) is 12.9. The molecular formula is C16H26N2OS. The summed E-state index contributed by atoms with van der Waals surface area (Å²) in [5, 5.41) is 6.33. The number of nitrogens with one attached hydrogen (secondary N) is 2. The Morgan fingerprint density at radius 2 is 2.05 bits per heavy atom. The fraction of sp³-hybridized carbons (Fsp3) is 0.562. The topological polar surface area (TPSA) is 41.1 Å². The van der Waals surface area contributed by atoms with Gasteiger partial charge in [0.05, 0.1) is 5.75 Å². The first-order valence-corrected chi connectivity index (χ1v) is 8.23. The quantitative estimate of drug-likeness (QED) is 0.724. The Kier molecular flexibility index (Phi) is 7.70. The fourth-order valence-corrected chi connectivity index (χ4v) is 2.42. The first-order valence-electron chi connectivity index (χ1n) is 7.24. The smallest absolute Gasteiger partial charge is 0.230 e. The van der Waals surface area contributed by atoms with Gasteiger partial charge in [-0.05, 0) is 37.1 Å². The van der Waals surface area contributed by atoms with Crippen molar-refractivity contribution in [1.29, 1.82) is 0 Å². The second-order valence-corrected chi connectivity index (χ2v) is 6.37. The molecule has 1 amide bonds. The molecule has 0 radical (unpaired) electrons. The third kappa shape index (κ3) is 6.44. The molecule has 1 unspecified atom stereocenters. The van der Waals surface area contributed by atoms with Crippen LogP contribution in [0.15, 0.2) is 29.2 Å². The lowest BCUT2D eigenvalue weighted by molar-refractivity contribution is -0.119. The number of carbonyl (C=O) groups excluding carboxylic acids is 1. The largest absolute Gasteiger partial charge is 0.353 e. The SMILES string of the molecule is CCNCc1cccc(SCC(=O)NC(C)C(C)C)c1. The van der Waals surface area contributed by atoms with Crippen LogP contribution in [-0.2, 0) is 11.3 Å². The lowest BCUT2D eigenvalue weighted by Gasteiger charge is -2.17. The molecule has 20 heavy (non-hydrogen) atoms. The second kappa shape index (κ2) is 9.03. The van der Waals surface area contributed by atoms with Crippen molar-refractivity contribution in [1.82, 2.24) is 10.6 Å². The van der Waals surface area contributed by atoms with E-state index in [0.29, 0.717) is 11.7 Å². The molecule has 2 N–H and O–H groups in total. The summed E-state index contributed by atoms with van der Waals surface area (Å²) in [6.45, 7) is 10.2. The van der Waals surface area contributed by atoms with Crippen LogP contribution in [0.2, 0.25) is 0 Å². The van der Waals surface area contributed by atoms with Gasteiger partial charge in [-0.3, -0.25) is 4.79 Å². The maximum atomic E-state index is 11.8. The molecule has 0 heterocycles. The summed E-state index contributed by atoms with van der Waals surface area (Å²) in [5.74, 6) is 1.04. The molecule has 1 rings (SSSR count). The highest BCUT2D eigenvalue weighted by atomic mass is 32.2. The Bertz CT molecular complexity index is 421. The molecule has 1 atom stereocenters. The van der Waals surface area contributed by atoms with E-state index >= 15 is 0 Å². The molecule has 3 nitrogen and oxygen atoms in total. The lowest BCUT2D eigenvalue weighted by Crippen LogP contribution is -2.37. The van der Waals surface area contributed by atoms with Gasteiger partial charge in [0.1, 0.15) is 0 Å². The summed E-state index contributed by atoms with van der Waals surface area (Å²) in [4.78, 5) is 13.0. The molecule has 0 fully saturated rings. The van der Waals surface area contributed by atoms with Gasteiger partial charge >= 0.3 is 0 Å². The predicted octanol–water partition coefficient (Wildman–Crippen LogP) is 3.05. The van der Waals surface area contributed by atoms with Crippen molar-refractivity contribution in [2.75, 3.05) is 12.3 Å². The van der Waals surface area contributed by atoms with Crippen LogP contribution in [0.25, 0.3) is 0 Å². The monoisotopic (exact) mass is 294 g/mol. The Hall–Kier alpha value is -1.00. The van der Waals surface area contributed by atoms with E-state index in [4.69, 9.17) is 0 Å². The van der Waals surface area contributed by atoms with Crippen LogP contribution >= 0.6 is 11.8 Å². The van der Waals surface area contributed by atoms with Gasteiger partial charge in [0.25, 0.3) is 0 Å². The molecule has 0 aliphatic carbocycles. The summed E-state index contributed by atoms with van der Waals surface area (Å²) in [7, 11) is 0. The third-order valence-electron chi connectivity index (χ3n) is 3.24. The number of thioether (sulfide) groups is 1. The third-order valence-corrected chi connectivity index (χ3v) is 4.23. The number of rotatable bonds is 8. The molecule has 0 saturated heterocycles. The van der Waals surface area contributed by atoms with E-state index in [1.54, 1.807) is 11.8 Å². The second-order valence-electron chi connectivity index (χ2n) is 5.32. The van der Waals surface area contributed by atoms with E-state index < -0.39 is 0 Å². The van der Waals surface area contributed by atoms with Crippen molar-refractivity contribution >= 4 is 17.7 Å². The van der Waals surface area contributed by atoms with Gasteiger partial charge in [0, 0.05) is 17.5 Å². The summed E-state index contributed by atoms with van der Waals surface area (Å²) in [5.41, 5.74) is 1.26. The molecule has 0 aliphatic rings. The van der Waals surface area contributed by atoms with E-state index in [9.17, 15) is 4.79 Å². The first-order chi connectivity index (χ1) is 9.52. The number of hydrogen-bond donors (Lipinski definition) is 2. The average molecular weight is 294 g/mol. The van der Waals surface area contributed by atoms with Crippen molar-refractivity contribution < 1.29 is 4.79 Å².